The molecule has 3 heteroatoms. The van der Waals surface area contributed by atoms with Crippen LogP contribution in [0.1, 0.15) is 46.0 Å². The van der Waals surface area contributed by atoms with Crippen LogP contribution in [0.25, 0.3) is 0 Å². The zero-order valence-corrected chi connectivity index (χ0v) is 12.9. The van der Waals surface area contributed by atoms with Crippen molar-refractivity contribution in [3.05, 3.63) is 0 Å². The molecule has 0 amide bonds. The first kappa shape index (κ1) is 13.8. The Hall–Kier alpha value is -0.120. The second-order valence-corrected chi connectivity index (χ2v) is 7.28. The molecule has 3 atom stereocenters. The monoisotopic (exact) mass is 265 g/mol. The summed E-state index contributed by atoms with van der Waals surface area (Å²) in [6, 6.07) is 3.27. The number of piperidine rings is 1. The molecule has 3 heterocycles. The molecule has 3 unspecified atom stereocenters. The zero-order chi connectivity index (χ0) is 13.4. The van der Waals surface area contributed by atoms with Gasteiger partial charge in [-0.1, -0.05) is 0 Å². The van der Waals surface area contributed by atoms with E-state index in [4.69, 9.17) is 0 Å². The van der Waals surface area contributed by atoms with Crippen molar-refractivity contribution < 1.29 is 0 Å². The van der Waals surface area contributed by atoms with Crippen molar-refractivity contribution in [2.24, 2.45) is 5.92 Å². The molecule has 0 spiro atoms. The van der Waals surface area contributed by atoms with E-state index in [1.807, 2.05) is 0 Å². The molecule has 3 fully saturated rings. The van der Waals surface area contributed by atoms with Crippen LogP contribution in [0.5, 0.6) is 0 Å². The summed E-state index contributed by atoms with van der Waals surface area (Å²) in [7, 11) is 2.14. The van der Waals surface area contributed by atoms with Gasteiger partial charge in [0.1, 0.15) is 0 Å². The smallest absolute Gasteiger partial charge is 0.0114 e. The fourth-order valence-electron chi connectivity index (χ4n) is 4.59. The highest BCUT2D eigenvalue weighted by molar-refractivity contribution is 4.98. The van der Waals surface area contributed by atoms with Gasteiger partial charge in [-0.05, 0) is 65.5 Å². The minimum atomic E-state index is 0.733. The molecular formula is C16H31N3. The predicted molar refractivity (Wildman–Crippen MR) is 80.4 cm³/mol. The van der Waals surface area contributed by atoms with E-state index in [2.05, 4.69) is 36.0 Å². The third-order valence-corrected chi connectivity index (χ3v) is 5.81. The normalized spacial score (nSPS) is 40.4. The molecule has 0 aromatic rings. The van der Waals surface area contributed by atoms with Crippen LogP contribution in [0, 0.1) is 5.92 Å². The molecule has 0 aromatic heterocycles. The van der Waals surface area contributed by atoms with Crippen LogP contribution in [0.3, 0.4) is 0 Å². The third kappa shape index (κ3) is 2.84. The van der Waals surface area contributed by atoms with E-state index in [1.165, 1.54) is 51.7 Å². The number of rotatable bonds is 4. The number of hydrogen-bond donors (Lipinski definition) is 1. The Morgan fingerprint density at radius 3 is 2.32 bits per heavy atom. The van der Waals surface area contributed by atoms with Gasteiger partial charge in [-0.3, -0.25) is 4.90 Å². The minimum Gasteiger partial charge on any atom is -0.317 e. The first-order valence-corrected chi connectivity index (χ1v) is 8.34. The SMILES string of the molecule is CNC1CC2CCC(C1)N2CC1CCN(C(C)C)C1. The van der Waals surface area contributed by atoms with E-state index in [1.54, 1.807) is 0 Å². The van der Waals surface area contributed by atoms with Crippen molar-refractivity contribution >= 4 is 0 Å². The van der Waals surface area contributed by atoms with Crippen LogP contribution in [-0.4, -0.2) is 60.6 Å². The van der Waals surface area contributed by atoms with Crippen LogP contribution in [0.15, 0.2) is 0 Å². The highest BCUT2D eigenvalue weighted by Crippen LogP contribution is 2.37. The van der Waals surface area contributed by atoms with Gasteiger partial charge in [0.05, 0.1) is 0 Å². The lowest BCUT2D eigenvalue weighted by Gasteiger charge is -2.40. The second kappa shape index (κ2) is 5.71. The first-order chi connectivity index (χ1) is 9.17. The van der Waals surface area contributed by atoms with Gasteiger partial charge in [0.15, 0.2) is 0 Å². The summed E-state index contributed by atoms with van der Waals surface area (Å²) in [5, 5.41) is 3.51. The Balaban J connectivity index is 1.54. The summed E-state index contributed by atoms with van der Waals surface area (Å²) >= 11 is 0. The van der Waals surface area contributed by atoms with Crippen LogP contribution >= 0.6 is 0 Å². The molecule has 0 saturated carbocycles. The van der Waals surface area contributed by atoms with E-state index in [9.17, 15) is 0 Å². The zero-order valence-electron chi connectivity index (χ0n) is 12.9. The highest BCUT2D eigenvalue weighted by atomic mass is 15.2. The fraction of sp³-hybridized carbons (Fsp3) is 1.00. The Morgan fingerprint density at radius 1 is 1.11 bits per heavy atom. The summed E-state index contributed by atoms with van der Waals surface area (Å²) in [4.78, 5) is 5.54. The molecule has 3 nitrogen and oxygen atoms in total. The number of fused-ring (bicyclic) bond motifs is 2. The van der Waals surface area contributed by atoms with Gasteiger partial charge in [-0.25, -0.2) is 0 Å². The van der Waals surface area contributed by atoms with Crippen LogP contribution in [0.2, 0.25) is 0 Å². The molecule has 3 rings (SSSR count). The molecule has 110 valence electrons. The Morgan fingerprint density at radius 2 is 1.79 bits per heavy atom. The maximum Gasteiger partial charge on any atom is 0.0114 e. The molecule has 0 aromatic carbocycles. The lowest BCUT2D eigenvalue weighted by atomic mass is 9.95. The topological polar surface area (TPSA) is 18.5 Å². The van der Waals surface area contributed by atoms with Gasteiger partial charge in [-0.15, -0.1) is 0 Å². The van der Waals surface area contributed by atoms with Gasteiger partial charge in [0.25, 0.3) is 0 Å². The van der Waals surface area contributed by atoms with E-state index >= 15 is 0 Å². The lowest BCUT2D eigenvalue weighted by molar-refractivity contribution is 0.0993. The van der Waals surface area contributed by atoms with Crippen molar-refractivity contribution in [3.63, 3.8) is 0 Å². The molecular weight excluding hydrogens is 234 g/mol. The van der Waals surface area contributed by atoms with Crippen LogP contribution in [0.4, 0.5) is 0 Å². The van der Waals surface area contributed by atoms with E-state index in [-0.39, 0.29) is 0 Å². The predicted octanol–water partition coefficient (Wildman–Crippen LogP) is 1.93. The number of nitrogens with one attached hydrogen (secondary N) is 1. The lowest BCUT2D eigenvalue weighted by Crippen LogP contribution is -2.50. The Bertz CT molecular complexity index is 290. The summed E-state index contributed by atoms with van der Waals surface area (Å²) < 4.78 is 0. The van der Waals surface area contributed by atoms with Crippen molar-refractivity contribution in [3.8, 4) is 0 Å². The van der Waals surface area contributed by atoms with Gasteiger partial charge >= 0.3 is 0 Å². The second-order valence-electron chi connectivity index (χ2n) is 7.28. The first-order valence-electron chi connectivity index (χ1n) is 8.34. The highest BCUT2D eigenvalue weighted by Gasteiger charge is 2.41. The summed E-state index contributed by atoms with van der Waals surface area (Å²) in [5.74, 6) is 0.927. The van der Waals surface area contributed by atoms with E-state index in [0.29, 0.717) is 0 Å². The minimum absolute atomic E-state index is 0.733. The van der Waals surface area contributed by atoms with Gasteiger partial charge < -0.3 is 10.2 Å². The van der Waals surface area contributed by atoms with Crippen LogP contribution in [-0.2, 0) is 0 Å². The molecule has 19 heavy (non-hydrogen) atoms. The average molecular weight is 265 g/mol. The van der Waals surface area contributed by atoms with Gasteiger partial charge in [-0.2, -0.15) is 0 Å². The molecule has 3 saturated heterocycles. The summed E-state index contributed by atoms with van der Waals surface area (Å²) in [6.45, 7) is 8.71. The summed E-state index contributed by atoms with van der Waals surface area (Å²) in [6.07, 6.45) is 7.08. The van der Waals surface area contributed by atoms with Crippen LogP contribution < -0.4 is 5.32 Å². The molecule has 3 aliphatic rings. The van der Waals surface area contributed by atoms with Crippen molar-refractivity contribution in [2.45, 2.75) is 70.1 Å². The molecule has 0 radical (unpaired) electrons. The van der Waals surface area contributed by atoms with Gasteiger partial charge in [0, 0.05) is 37.3 Å². The standard InChI is InChI=1S/C16H31N3/c1-12(2)18-7-6-13(10-18)11-19-15-4-5-16(19)9-14(8-15)17-3/h12-17H,4-11H2,1-3H3. The average Bonchev–Trinajstić information content (AvgIpc) is 2.93. The number of nitrogens with zero attached hydrogens (tertiary/aromatic N) is 2. The van der Waals surface area contributed by atoms with Crippen molar-refractivity contribution in [2.75, 3.05) is 26.7 Å². The summed E-state index contributed by atoms with van der Waals surface area (Å²) in [5.41, 5.74) is 0. The quantitative estimate of drug-likeness (QED) is 0.838. The maximum absolute atomic E-state index is 3.51. The van der Waals surface area contributed by atoms with E-state index in [0.717, 1.165) is 30.1 Å². The fourth-order valence-corrected chi connectivity index (χ4v) is 4.59. The van der Waals surface area contributed by atoms with E-state index < -0.39 is 0 Å². The molecule has 1 N–H and O–H groups in total. The largest absolute Gasteiger partial charge is 0.317 e. The molecule has 0 aliphatic carbocycles. The number of hydrogen-bond acceptors (Lipinski definition) is 3. The Kier molecular flexibility index (Phi) is 4.16. The van der Waals surface area contributed by atoms with Crippen molar-refractivity contribution in [1.29, 1.82) is 0 Å². The molecule has 2 bridgehead atoms. The Labute approximate surface area is 118 Å². The maximum atomic E-state index is 3.51. The number of likely N-dealkylation sites (tertiary alicyclic amines) is 1. The third-order valence-electron chi connectivity index (χ3n) is 5.81. The molecule has 3 aliphatic heterocycles. The van der Waals surface area contributed by atoms with Crippen molar-refractivity contribution in [1.82, 2.24) is 15.1 Å². The van der Waals surface area contributed by atoms with Gasteiger partial charge in [0.2, 0.25) is 0 Å².